The van der Waals surface area contributed by atoms with Crippen molar-refractivity contribution in [1.82, 2.24) is 29.9 Å². The molecule has 0 bridgehead atoms. The number of aromatic amines is 1. The van der Waals surface area contributed by atoms with Crippen LogP contribution in [-0.4, -0.2) is 73.9 Å². The number of H-pyrrole nitrogens is 1. The van der Waals surface area contributed by atoms with Crippen molar-refractivity contribution in [3.8, 4) is 0 Å². The number of hydrogen-bond acceptors (Lipinski definition) is 5. The normalized spacial score (nSPS) is 19.5. The van der Waals surface area contributed by atoms with Crippen LogP contribution in [0.1, 0.15) is 43.0 Å². The molecule has 1 N–H and O–H groups in total. The topological polar surface area (TPSA) is 85.4 Å². The van der Waals surface area contributed by atoms with E-state index in [0.717, 1.165) is 30.3 Å². The minimum absolute atomic E-state index is 0.0694. The van der Waals surface area contributed by atoms with Crippen molar-refractivity contribution in [3.05, 3.63) is 47.0 Å². The number of amides is 2. The van der Waals surface area contributed by atoms with Gasteiger partial charge in [0, 0.05) is 45.6 Å². The van der Waals surface area contributed by atoms with Crippen LogP contribution in [0.15, 0.2) is 24.3 Å². The fourth-order valence-corrected chi connectivity index (χ4v) is 4.47. The van der Waals surface area contributed by atoms with Gasteiger partial charge in [-0.1, -0.05) is 38.1 Å². The summed E-state index contributed by atoms with van der Waals surface area (Å²) in [6, 6.07) is 7.74. The van der Waals surface area contributed by atoms with Crippen molar-refractivity contribution in [2.45, 2.75) is 52.7 Å². The third-order valence-electron chi connectivity index (χ3n) is 6.13. The van der Waals surface area contributed by atoms with Crippen LogP contribution >= 0.6 is 0 Å². The lowest BCUT2D eigenvalue weighted by Gasteiger charge is -2.41. The second-order valence-corrected chi connectivity index (χ2v) is 9.05. The minimum Gasteiger partial charge on any atom is -0.338 e. The first kappa shape index (κ1) is 21.5. The number of piperazine rings is 1. The van der Waals surface area contributed by atoms with Crippen LogP contribution in [0, 0.1) is 12.8 Å². The largest absolute Gasteiger partial charge is 0.338 e. The predicted octanol–water partition coefficient (Wildman–Crippen LogP) is 1.76. The van der Waals surface area contributed by atoms with E-state index in [9.17, 15) is 9.59 Å². The van der Waals surface area contributed by atoms with Crippen molar-refractivity contribution < 1.29 is 9.59 Å². The third-order valence-corrected chi connectivity index (χ3v) is 6.13. The summed E-state index contributed by atoms with van der Waals surface area (Å²) >= 11 is 0. The Bertz CT molecular complexity index is 932. The fraction of sp³-hybridized carbons (Fsp3) is 0.565. The van der Waals surface area contributed by atoms with Crippen LogP contribution in [0.25, 0.3) is 0 Å². The Balaban J connectivity index is 1.43. The van der Waals surface area contributed by atoms with Gasteiger partial charge in [0.1, 0.15) is 11.9 Å². The number of aromatic nitrogens is 3. The lowest BCUT2D eigenvalue weighted by Crippen LogP contribution is -2.57. The molecule has 0 saturated carbocycles. The molecule has 8 nitrogen and oxygen atoms in total. The molecule has 1 saturated heterocycles. The first-order chi connectivity index (χ1) is 14.9. The van der Waals surface area contributed by atoms with Crippen LogP contribution in [-0.2, 0) is 29.1 Å². The van der Waals surface area contributed by atoms with Gasteiger partial charge in [-0.05, 0) is 24.0 Å². The van der Waals surface area contributed by atoms with Gasteiger partial charge in [0.25, 0.3) is 0 Å². The smallest absolute Gasteiger partial charge is 0.245 e. The molecule has 8 heteroatoms. The molecule has 2 amide bonds. The van der Waals surface area contributed by atoms with Crippen molar-refractivity contribution in [2.24, 2.45) is 5.92 Å². The fourth-order valence-electron chi connectivity index (χ4n) is 4.47. The van der Waals surface area contributed by atoms with Crippen LogP contribution < -0.4 is 0 Å². The molecule has 0 aliphatic carbocycles. The highest BCUT2D eigenvalue weighted by atomic mass is 16.2. The summed E-state index contributed by atoms with van der Waals surface area (Å²) in [7, 11) is 0. The van der Waals surface area contributed by atoms with Gasteiger partial charge in [-0.15, -0.1) is 0 Å². The number of carbonyl (C=O) groups excluding carboxylic acids is 2. The van der Waals surface area contributed by atoms with Crippen LogP contribution in [0.4, 0.5) is 0 Å². The van der Waals surface area contributed by atoms with E-state index in [1.807, 2.05) is 42.7 Å². The maximum absolute atomic E-state index is 13.5. The Morgan fingerprint density at radius 2 is 1.84 bits per heavy atom. The van der Waals surface area contributed by atoms with E-state index in [1.165, 1.54) is 5.56 Å². The zero-order chi connectivity index (χ0) is 22.0. The molecule has 31 heavy (non-hydrogen) atoms. The Kier molecular flexibility index (Phi) is 6.36. The molecule has 1 fully saturated rings. The van der Waals surface area contributed by atoms with E-state index < -0.39 is 6.04 Å². The highest BCUT2D eigenvalue weighted by molar-refractivity contribution is 5.88. The number of nitrogens with zero attached hydrogens (tertiary/aromatic N) is 5. The van der Waals surface area contributed by atoms with E-state index in [4.69, 9.17) is 0 Å². The number of benzene rings is 1. The zero-order valence-electron chi connectivity index (χ0n) is 18.7. The third kappa shape index (κ3) is 4.95. The SMILES string of the molecule is Cc1nc(CN2CCN(C(=O)C3Cc4ccccc4CN3C(=O)CC(C)C)CC2)n[nH]1. The average molecular weight is 425 g/mol. The first-order valence-electron chi connectivity index (χ1n) is 11.2. The molecule has 1 atom stereocenters. The van der Waals surface area contributed by atoms with Gasteiger partial charge in [0.15, 0.2) is 5.82 Å². The highest BCUT2D eigenvalue weighted by Gasteiger charge is 2.37. The van der Waals surface area contributed by atoms with E-state index in [2.05, 4.69) is 32.2 Å². The number of carbonyl (C=O) groups is 2. The average Bonchev–Trinajstić information content (AvgIpc) is 3.17. The highest BCUT2D eigenvalue weighted by Crippen LogP contribution is 2.26. The van der Waals surface area contributed by atoms with E-state index >= 15 is 0 Å². The molecule has 1 aromatic heterocycles. The molecule has 2 aliphatic heterocycles. The van der Waals surface area contributed by atoms with Crippen molar-refractivity contribution in [1.29, 1.82) is 0 Å². The van der Waals surface area contributed by atoms with Crippen LogP contribution in [0.2, 0.25) is 0 Å². The Hall–Kier alpha value is -2.74. The van der Waals surface area contributed by atoms with Gasteiger partial charge in [-0.2, -0.15) is 5.10 Å². The second kappa shape index (κ2) is 9.18. The summed E-state index contributed by atoms with van der Waals surface area (Å²) in [5.74, 6) is 2.00. The van der Waals surface area contributed by atoms with Crippen LogP contribution in [0.3, 0.4) is 0 Å². The summed E-state index contributed by atoms with van der Waals surface area (Å²) in [5.41, 5.74) is 2.32. The minimum atomic E-state index is -0.414. The van der Waals surface area contributed by atoms with Gasteiger partial charge in [0.2, 0.25) is 11.8 Å². The number of fused-ring (bicyclic) bond motifs is 1. The van der Waals surface area contributed by atoms with Gasteiger partial charge >= 0.3 is 0 Å². The monoisotopic (exact) mass is 424 g/mol. The van der Waals surface area contributed by atoms with Crippen molar-refractivity contribution in [3.63, 3.8) is 0 Å². The van der Waals surface area contributed by atoms with Crippen molar-refractivity contribution >= 4 is 11.8 Å². The molecule has 4 rings (SSSR count). The number of aryl methyl sites for hydroxylation is 1. The zero-order valence-corrected chi connectivity index (χ0v) is 18.7. The van der Waals surface area contributed by atoms with E-state index in [1.54, 1.807) is 0 Å². The Labute approximate surface area is 183 Å². The number of hydrogen-bond donors (Lipinski definition) is 1. The maximum Gasteiger partial charge on any atom is 0.245 e. The molecular weight excluding hydrogens is 392 g/mol. The number of nitrogens with one attached hydrogen (secondary N) is 1. The lowest BCUT2D eigenvalue weighted by molar-refractivity contribution is -0.148. The summed E-state index contributed by atoms with van der Waals surface area (Å²) in [4.78, 5) is 36.9. The summed E-state index contributed by atoms with van der Waals surface area (Å²) in [6.45, 7) is 10.1. The first-order valence-corrected chi connectivity index (χ1v) is 11.2. The van der Waals surface area contributed by atoms with Gasteiger partial charge < -0.3 is 9.80 Å². The van der Waals surface area contributed by atoms with Crippen molar-refractivity contribution in [2.75, 3.05) is 26.2 Å². The van der Waals surface area contributed by atoms with E-state index in [0.29, 0.717) is 39.0 Å². The second-order valence-electron chi connectivity index (χ2n) is 9.05. The summed E-state index contributed by atoms with van der Waals surface area (Å²) in [5, 5.41) is 7.08. The standard InChI is InChI=1S/C23H32N6O2/c1-16(2)12-22(30)29-14-19-7-5-4-6-18(19)13-20(29)23(31)28-10-8-27(9-11-28)15-21-24-17(3)25-26-21/h4-7,16,20H,8-15H2,1-3H3,(H,24,25,26). The van der Waals surface area contributed by atoms with Crippen LogP contribution in [0.5, 0.6) is 0 Å². The number of rotatable bonds is 5. The molecule has 2 aliphatic rings. The molecule has 0 spiro atoms. The molecule has 3 heterocycles. The van der Waals surface area contributed by atoms with Gasteiger partial charge in [0.05, 0.1) is 6.54 Å². The van der Waals surface area contributed by atoms with E-state index in [-0.39, 0.29) is 17.7 Å². The molecule has 166 valence electrons. The predicted molar refractivity (Wildman–Crippen MR) is 117 cm³/mol. The van der Waals surface area contributed by atoms with Gasteiger partial charge in [-0.25, -0.2) is 4.98 Å². The summed E-state index contributed by atoms with van der Waals surface area (Å²) < 4.78 is 0. The summed E-state index contributed by atoms with van der Waals surface area (Å²) in [6.07, 6.45) is 1.06. The maximum atomic E-state index is 13.5. The quantitative estimate of drug-likeness (QED) is 0.791. The molecule has 0 radical (unpaired) electrons. The molecule has 1 aromatic carbocycles. The van der Waals surface area contributed by atoms with Gasteiger partial charge in [-0.3, -0.25) is 19.6 Å². The molecule has 2 aromatic rings. The Morgan fingerprint density at radius 1 is 1.13 bits per heavy atom. The Morgan fingerprint density at radius 3 is 2.48 bits per heavy atom. The lowest BCUT2D eigenvalue weighted by atomic mass is 9.92. The molecule has 1 unspecified atom stereocenters. The molecular formula is C23H32N6O2.